The second kappa shape index (κ2) is 6.14. The van der Waals surface area contributed by atoms with Crippen LogP contribution in [0.15, 0.2) is 0 Å². The summed E-state index contributed by atoms with van der Waals surface area (Å²) in [5.74, 6) is -0.463. The van der Waals surface area contributed by atoms with Gasteiger partial charge in [-0.15, -0.1) is 0 Å². The Labute approximate surface area is 149 Å². The number of fused-ring (bicyclic) bond motifs is 6. The summed E-state index contributed by atoms with van der Waals surface area (Å²) in [6, 6.07) is 0. The van der Waals surface area contributed by atoms with Crippen molar-refractivity contribution in [1.29, 1.82) is 0 Å². The largest absolute Gasteiger partial charge is 0.396 e. The van der Waals surface area contributed by atoms with Gasteiger partial charge in [-0.05, 0) is 43.4 Å². The number of rotatable bonds is 6. The van der Waals surface area contributed by atoms with E-state index >= 15 is 0 Å². The van der Waals surface area contributed by atoms with Crippen LogP contribution >= 0.6 is 0 Å². The predicted molar refractivity (Wildman–Crippen MR) is 89.7 cm³/mol. The van der Waals surface area contributed by atoms with E-state index < -0.39 is 16.8 Å². The zero-order valence-corrected chi connectivity index (χ0v) is 15.5. The second-order valence-corrected chi connectivity index (χ2v) is 8.61. The molecule has 4 rings (SSSR count). The van der Waals surface area contributed by atoms with Crippen LogP contribution in [0.2, 0.25) is 0 Å². The summed E-state index contributed by atoms with van der Waals surface area (Å²) in [6.07, 6.45) is 4.97. The average molecular weight is 356 g/mol. The van der Waals surface area contributed by atoms with Gasteiger partial charge in [-0.3, -0.25) is 0 Å². The third kappa shape index (κ3) is 2.13. The molecule has 144 valence electrons. The van der Waals surface area contributed by atoms with Crippen LogP contribution in [-0.2, 0) is 18.9 Å². The molecule has 0 radical (unpaired) electrons. The topological polar surface area (TPSA) is 77.4 Å². The lowest BCUT2D eigenvalue weighted by Gasteiger charge is -2.52. The van der Waals surface area contributed by atoms with Gasteiger partial charge < -0.3 is 29.2 Å². The third-order valence-corrected chi connectivity index (χ3v) is 8.09. The molecule has 0 aromatic carbocycles. The van der Waals surface area contributed by atoms with E-state index in [2.05, 4.69) is 6.92 Å². The number of aliphatic hydroxyl groups excluding tert-OH is 1. The molecule has 2 bridgehead atoms. The Kier molecular flexibility index (Phi) is 4.46. The summed E-state index contributed by atoms with van der Waals surface area (Å²) in [5.41, 5.74) is -1.55. The minimum absolute atomic E-state index is 0.0185. The Morgan fingerprint density at radius 2 is 1.92 bits per heavy atom. The van der Waals surface area contributed by atoms with Gasteiger partial charge in [-0.25, -0.2) is 0 Å². The van der Waals surface area contributed by atoms with Crippen molar-refractivity contribution >= 4 is 0 Å². The molecule has 1 spiro atoms. The lowest BCUT2D eigenvalue weighted by atomic mass is 9.54. The van der Waals surface area contributed by atoms with Gasteiger partial charge >= 0.3 is 0 Å². The molecular weight excluding hydrogens is 324 g/mol. The van der Waals surface area contributed by atoms with E-state index in [1.807, 2.05) is 0 Å². The number of ether oxygens (including phenoxy) is 4. The maximum atomic E-state index is 11.9. The van der Waals surface area contributed by atoms with Gasteiger partial charge in [0.1, 0.15) is 6.79 Å². The van der Waals surface area contributed by atoms with Crippen LogP contribution in [-0.4, -0.2) is 61.9 Å². The molecule has 1 heterocycles. The standard InChI is InChI=1S/C19H32O6/c1-14-10-19(24-8-9-25-19)15-11-16(14,6-7-23-13-22-2)17(12-20)4-3-5-18(15,17)21/h14-15,20-21H,3-13H2,1-2H3/t14-,15+,16+,17+,18-/m0/s1. The Balaban J connectivity index is 1.73. The van der Waals surface area contributed by atoms with Gasteiger partial charge in [0.05, 0.1) is 25.4 Å². The van der Waals surface area contributed by atoms with Crippen molar-refractivity contribution in [3.63, 3.8) is 0 Å². The molecule has 6 nitrogen and oxygen atoms in total. The Bertz CT molecular complexity index is 506. The Morgan fingerprint density at radius 3 is 2.60 bits per heavy atom. The van der Waals surface area contributed by atoms with Crippen molar-refractivity contribution in [2.75, 3.05) is 40.3 Å². The first kappa shape index (κ1) is 18.1. The zero-order chi connectivity index (χ0) is 17.8. The average Bonchev–Trinajstić information content (AvgIpc) is 3.23. The fraction of sp³-hybridized carbons (Fsp3) is 1.00. The molecule has 1 aliphatic heterocycles. The summed E-state index contributed by atoms with van der Waals surface area (Å²) in [4.78, 5) is 0. The minimum Gasteiger partial charge on any atom is -0.396 e. The van der Waals surface area contributed by atoms with Crippen LogP contribution in [0.5, 0.6) is 0 Å². The van der Waals surface area contributed by atoms with E-state index in [1.54, 1.807) is 7.11 Å². The van der Waals surface area contributed by atoms with Gasteiger partial charge in [-0.2, -0.15) is 0 Å². The number of hydrogen-bond donors (Lipinski definition) is 2. The first-order valence-corrected chi connectivity index (χ1v) is 9.68. The monoisotopic (exact) mass is 356 g/mol. The molecule has 25 heavy (non-hydrogen) atoms. The second-order valence-electron chi connectivity index (χ2n) is 8.61. The van der Waals surface area contributed by atoms with Gasteiger partial charge in [0.2, 0.25) is 0 Å². The lowest BCUT2D eigenvalue weighted by molar-refractivity contribution is -0.252. The molecule has 0 aromatic heterocycles. The molecular formula is C19H32O6. The van der Waals surface area contributed by atoms with Crippen LogP contribution in [0.4, 0.5) is 0 Å². The van der Waals surface area contributed by atoms with Crippen LogP contribution in [0.25, 0.3) is 0 Å². The van der Waals surface area contributed by atoms with Gasteiger partial charge in [0, 0.05) is 31.5 Å². The van der Waals surface area contributed by atoms with E-state index in [1.165, 1.54) is 0 Å². The molecule has 5 atom stereocenters. The molecule has 0 aromatic rings. The van der Waals surface area contributed by atoms with E-state index in [0.29, 0.717) is 19.8 Å². The molecule has 4 fully saturated rings. The summed E-state index contributed by atoms with van der Waals surface area (Å²) in [7, 11) is 1.62. The van der Waals surface area contributed by atoms with Crippen LogP contribution in [0, 0.1) is 22.7 Å². The quantitative estimate of drug-likeness (QED) is 0.557. The zero-order valence-electron chi connectivity index (χ0n) is 15.5. The highest BCUT2D eigenvalue weighted by molar-refractivity contribution is 5.27. The molecule has 0 amide bonds. The highest BCUT2D eigenvalue weighted by Crippen LogP contribution is 2.77. The molecule has 3 aliphatic carbocycles. The number of aliphatic hydroxyl groups is 2. The van der Waals surface area contributed by atoms with E-state index in [-0.39, 0.29) is 30.7 Å². The minimum atomic E-state index is -0.919. The maximum Gasteiger partial charge on any atom is 0.174 e. The predicted octanol–water partition coefficient (Wildman–Crippen LogP) is 1.68. The lowest BCUT2D eigenvalue weighted by Crippen LogP contribution is -2.54. The van der Waals surface area contributed by atoms with Crippen molar-refractivity contribution in [1.82, 2.24) is 0 Å². The van der Waals surface area contributed by atoms with Crippen molar-refractivity contribution in [3.05, 3.63) is 0 Å². The summed E-state index contributed by atoms with van der Waals surface area (Å²) in [6.45, 7) is 4.30. The first-order chi connectivity index (χ1) is 12.0. The SMILES string of the molecule is COCOCC[C@@]12C[C@@H](C3(C[C@@H]1C)OCCO3)[C@@]1(O)CCC[C@@]21CO. The molecule has 4 aliphatic rings. The third-order valence-electron chi connectivity index (χ3n) is 8.09. The number of hydrogen-bond acceptors (Lipinski definition) is 6. The van der Waals surface area contributed by atoms with Crippen molar-refractivity contribution in [2.24, 2.45) is 22.7 Å². The summed E-state index contributed by atoms with van der Waals surface area (Å²) >= 11 is 0. The van der Waals surface area contributed by atoms with Gasteiger partial charge in [-0.1, -0.05) is 6.92 Å². The normalized spacial score (nSPS) is 47.5. The first-order valence-electron chi connectivity index (χ1n) is 9.68. The van der Waals surface area contributed by atoms with Gasteiger partial charge in [0.25, 0.3) is 0 Å². The van der Waals surface area contributed by atoms with Gasteiger partial charge in [0.15, 0.2) is 5.79 Å². The van der Waals surface area contributed by atoms with E-state index in [0.717, 1.165) is 38.5 Å². The molecule has 0 unspecified atom stereocenters. The smallest absolute Gasteiger partial charge is 0.174 e. The number of methoxy groups -OCH3 is 1. The van der Waals surface area contributed by atoms with Crippen molar-refractivity contribution in [2.45, 2.75) is 56.8 Å². The van der Waals surface area contributed by atoms with Crippen LogP contribution in [0.3, 0.4) is 0 Å². The fourth-order valence-electron chi connectivity index (χ4n) is 7.14. The van der Waals surface area contributed by atoms with Crippen molar-refractivity contribution in [3.8, 4) is 0 Å². The Hall–Kier alpha value is -0.240. The van der Waals surface area contributed by atoms with E-state index in [9.17, 15) is 10.2 Å². The molecule has 3 saturated carbocycles. The van der Waals surface area contributed by atoms with E-state index in [4.69, 9.17) is 18.9 Å². The molecule has 1 saturated heterocycles. The molecule has 6 heteroatoms. The highest BCUT2D eigenvalue weighted by atomic mass is 16.7. The van der Waals surface area contributed by atoms with Crippen molar-refractivity contribution < 1.29 is 29.2 Å². The summed E-state index contributed by atoms with van der Waals surface area (Å²) in [5, 5.41) is 22.4. The summed E-state index contributed by atoms with van der Waals surface area (Å²) < 4.78 is 22.9. The molecule has 2 N–H and O–H groups in total. The Morgan fingerprint density at radius 1 is 1.16 bits per heavy atom. The fourth-order valence-corrected chi connectivity index (χ4v) is 7.14. The highest BCUT2D eigenvalue weighted by Gasteiger charge is 2.80. The van der Waals surface area contributed by atoms with Crippen LogP contribution in [0.1, 0.15) is 45.4 Å². The van der Waals surface area contributed by atoms with Crippen LogP contribution < -0.4 is 0 Å². The maximum absolute atomic E-state index is 11.9.